The summed E-state index contributed by atoms with van der Waals surface area (Å²) in [7, 11) is 1.28. The first-order chi connectivity index (χ1) is 9.46. The van der Waals surface area contributed by atoms with Gasteiger partial charge in [-0.2, -0.15) is 0 Å². The molecule has 0 aromatic rings. The minimum atomic E-state index is -1.04. The van der Waals surface area contributed by atoms with E-state index in [1.54, 1.807) is 13.8 Å². The van der Waals surface area contributed by atoms with Crippen molar-refractivity contribution in [3.8, 4) is 0 Å². The lowest BCUT2D eigenvalue weighted by atomic mass is 10.4. The Morgan fingerprint density at radius 1 is 1.00 bits per heavy atom. The molecule has 0 radical (unpaired) electrons. The zero-order valence-corrected chi connectivity index (χ0v) is 11.5. The van der Waals surface area contributed by atoms with E-state index in [1.807, 2.05) is 0 Å². The fourth-order valence-electron chi connectivity index (χ4n) is 1.05. The largest absolute Gasteiger partial charge is 0.533 e. The SMILES string of the molecule is CCOC(=O)OC.CCOC(=O)ON1C(=O)CCC1=O. The monoisotopic (exact) mass is 291 g/mol. The molecule has 0 unspecified atom stereocenters. The Morgan fingerprint density at radius 2 is 1.45 bits per heavy atom. The van der Waals surface area contributed by atoms with E-state index in [0.717, 1.165) is 0 Å². The molecule has 0 N–H and O–H groups in total. The minimum Gasteiger partial charge on any atom is -0.438 e. The summed E-state index contributed by atoms with van der Waals surface area (Å²) < 4.78 is 12.9. The molecule has 2 amide bonds. The highest BCUT2D eigenvalue weighted by atomic mass is 16.8. The van der Waals surface area contributed by atoms with Gasteiger partial charge in [0.05, 0.1) is 20.3 Å². The van der Waals surface area contributed by atoms with Crippen molar-refractivity contribution in [2.24, 2.45) is 0 Å². The Morgan fingerprint density at radius 3 is 1.80 bits per heavy atom. The van der Waals surface area contributed by atoms with Gasteiger partial charge in [-0.3, -0.25) is 14.4 Å². The third kappa shape index (κ3) is 6.57. The van der Waals surface area contributed by atoms with Crippen molar-refractivity contribution in [2.45, 2.75) is 26.7 Å². The number of hydrogen-bond donors (Lipinski definition) is 0. The van der Waals surface area contributed by atoms with Gasteiger partial charge >= 0.3 is 12.3 Å². The average Bonchev–Trinajstić information content (AvgIpc) is 2.72. The van der Waals surface area contributed by atoms with Gasteiger partial charge in [-0.15, -0.1) is 0 Å². The lowest BCUT2D eigenvalue weighted by Crippen LogP contribution is -2.32. The molecule has 1 saturated heterocycles. The summed E-state index contributed by atoms with van der Waals surface area (Å²) in [5.74, 6) is -1.03. The predicted molar refractivity (Wildman–Crippen MR) is 63.2 cm³/mol. The van der Waals surface area contributed by atoms with Crippen molar-refractivity contribution in [2.75, 3.05) is 20.3 Å². The molecular formula is C11H17NO8. The topological polar surface area (TPSA) is 108 Å². The van der Waals surface area contributed by atoms with Crippen LogP contribution in [0.25, 0.3) is 0 Å². The van der Waals surface area contributed by atoms with Crippen LogP contribution in [0.3, 0.4) is 0 Å². The Kier molecular flexibility index (Phi) is 8.48. The number of rotatable bonds is 3. The second-order valence-electron chi connectivity index (χ2n) is 3.24. The number of ether oxygens (including phenoxy) is 3. The van der Waals surface area contributed by atoms with Gasteiger partial charge in [-0.1, -0.05) is 5.06 Å². The van der Waals surface area contributed by atoms with Gasteiger partial charge in [0.15, 0.2) is 0 Å². The zero-order chi connectivity index (χ0) is 15.5. The van der Waals surface area contributed by atoms with E-state index in [-0.39, 0.29) is 19.4 Å². The van der Waals surface area contributed by atoms with Crippen LogP contribution in [-0.4, -0.2) is 49.5 Å². The molecule has 1 fully saturated rings. The molecule has 0 aromatic heterocycles. The average molecular weight is 291 g/mol. The summed E-state index contributed by atoms with van der Waals surface area (Å²) in [6.07, 6.45) is -1.50. The Balaban J connectivity index is 0.000000441. The van der Waals surface area contributed by atoms with Crippen LogP contribution in [-0.2, 0) is 28.6 Å². The van der Waals surface area contributed by atoms with Crippen molar-refractivity contribution >= 4 is 24.1 Å². The van der Waals surface area contributed by atoms with Crippen LogP contribution in [0.15, 0.2) is 0 Å². The summed E-state index contributed by atoms with van der Waals surface area (Å²) in [6, 6.07) is 0. The highest BCUT2D eigenvalue weighted by Gasteiger charge is 2.33. The van der Waals surface area contributed by atoms with Crippen molar-refractivity contribution in [1.29, 1.82) is 0 Å². The fourth-order valence-corrected chi connectivity index (χ4v) is 1.05. The van der Waals surface area contributed by atoms with Gasteiger partial charge < -0.3 is 14.2 Å². The van der Waals surface area contributed by atoms with Crippen LogP contribution in [0, 0.1) is 0 Å². The van der Waals surface area contributed by atoms with E-state index in [9.17, 15) is 19.2 Å². The quantitative estimate of drug-likeness (QED) is 0.560. The number of nitrogens with zero attached hydrogens (tertiary/aromatic N) is 1. The van der Waals surface area contributed by atoms with Crippen LogP contribution in [0.2, 0.25) is 0 Å². The maximum atomic E-state index is 10.9. The van der Waals surface area contributed by atoms with Crippen LogP contribution in [0.4, 0.5) is 9.59 Å². The highest BCUT2D eigenvalue weighted by molar-refractivity contribution is 6.01. The number of imide groups is 1. The first-order valence-electron chi connectivity index (χ1n) is 5.87. The van der Waals surface area contributed by atoms with Crippen molar-refractivity contribution in [3.63, 3.8) is 0 Å². The Bertz CT molecular complexity index is 351. The molecule has 0 aromatic carbocycles. The number of amides is 2. The molecule has 9 nitrogen and oxygen atoms in total. The van der Waals surface area contributed by atoms with Crippen LogP contribution >= 0.6 is 0 Å². The summed E-state index contributed by atoms with van der Waals surface area (Å²) in [5, 5.41) is 0.442. The lowest BCUT2D eigenvalue weighted by molar-refractivity contribution is -0.176. The van der Waals surface area contributed by atoms with Crippen LogP contribution < -0.4 is 0 Å². The van der Waals surface area contributed by atoms with Gasteiger partial charge in [0.1, 0.15) is 0 Å². The van der Waals surface area contributed by atoms with Crippen molar-refractivity contribution < 1.29 is 38.2 Å². The van der Waals surface area contributed by atoms with Crippen LogP contribution in [0.5, 0.6) is 0 Å². The molecule has 114 valence electrons. The second kappa shape index (κ2) is 9.59. The first-order valence-corrected chi connectivity index (χ1v) is 5.87. The number of methoxy groups -OCH3 is 1. The summed E-state index contributed by atoms with van der Waals surface area (Å²) in [5.41, 5.74) is 0. The molecule has 0 aliphatic carbocycles. The highest BCUT2D eigenvalue weighted by Crippen LogP contribution is 2.12. The molecule has 1 aliphatic heterocycles. The Hall–Kier alpha value is -2.32. The minimum absolute atomic E-state index is 0.0816. The molecule has 1 heterocycles. The molecule has 0 saturated carbocycles. The van der Waals surface area contributed by atoms with Gasteiger partial charge in [-0.25, -0.2) is 9.59 Å². The van der Waals surface area contributed by atoms with E-state index in [2.05, 4.69) is 19.0 Å². The number of hydrogen-bond acceptors (Lipinski definition) is 8. The van der Waals surface area contributed by atoms with E-state index < -0.39 is 24.1 Å². The molecule has 0 bridgehead atoms. The maximum absolute atomic E-state index is 10.9. The smallest absolute Gasteiger partial charge is 0.438 e. The second-order valence-corrected chi connectivity index (χ2v) is 3.24. The molecular weight excluding hydrogens is 274 g/mol. The first kappa shape index (κ1) is 17.7. The van der Waals surface area contributed by atoms with Crippen molar-refractivity contribution in [3.05, 3.63) is 0 Å². The van der Waals surface area contributed by atoms with Gasteiger partial charge in [0.2, 0.25) is 0 Å². The lowest BCUT2D eigenvalue weighted by Gasteiger charge is -2.11. The Labute approximate surface area is 115 Å². The van der Waals surface area contributed by atoms with Gasteiger partial charge in [-0.05, 0) is 13.8 Å². The molecule has 20 heavy (non-hydrogen) atoms. The standard InChI is InChI=1S/C7H9NO5.C4H8O3/c1-2-12-7(11)13-8-5(9)3-4-6(8)10;1-3-7-4(5)6-2/h2-4H2,1H3;3H2,1-2H3. The summed E-state index contributed by atoms with van der Waals surface area (Å²) in [4.78, 5) is 46.8. The van der Waals surface area contributed by atoms with E-state index in [4.69, 9.17) is 0 Å². The summed E-state index contributed by atoms with van der Waals surface area (Å²) in [6.45, 7) is 3.81. The van der Waals surface area contributed by atoms with Crippen molar-refractivity contribution in [1.82, 2.24) is 5.06 Å². The number of carbonyl (C=O) groups is 4. The predicted octanol–water partition coefficient (Wildman–Crippen LogP) is 1.01. The normalized spacial score (nSPS) is 13.2. The van der Waals surface area contributed by atoms with E-state index in [1.165, 1.54) is 7.11 Å². The zero-order valence-electron chi connectivity index (χ0n) is 11.5. The molecule has 9 heteroatoms. The molecule has 1 aliphatic rings. The number of hydroxylamine groups is 2. The summed E-state index contributed by atoms with van der Waals surface area (Å²) >= 11 is 0. The fraction of sp³-hybridized carbons (Fsp3) is 0.636. The number of carbonyl (C=O) groups excluding carboxylic acids is 4. The molecule has 1 rings (SSSR count). The van der Waals surface area contributed by atoms with Gasteiger partial charge in [0.25, 0.3) is 11.8 Å². The maximum Gasteiger partial charge on any atom is 0.533 e. The molecule has 0 spiro atoms. The third-order valence-corrected chi connectivity index (χ3v) is 1.86. The third-order valence-electron chi connectivity index (χ3n) is 1.86. The van der Waals surface area contributed by atoms with E-state index in [0.29, 0.717) is 11.7 Å². The van der Waals surface area contributed by atoms with Crippen LogP contribution in [0.1, 0.15) is 26.7 Å². The van der Waals surface area contributed by atoms with E-state index >= 15 is 0 Å². The molecule has 0 atom stereocenters. The van der Waals surface area contributed by atoms with Gasteiger partial charge in [0, 0.05) is 12.8 Å².